The predicted molar refractivity (Wildman–Crippen MR) is 168 cm³/mol. The van der Waals surface area contributed by atoms with Crippen LogP contribution in [0.4, 0.5) is 16.3 Å². The number of nitrogens with zero attached hydrogens (tertiary/aromatic N) is 6. The lowest BCUT2D eigenvalue weighted by molar-refractivity contribution is 0.0122. The first kappa shape index (κ1) is 29.3. The van der Waals surface area contributed by atoms with Crippen LogP contribution >= 0.6 is 0 Å². The summed E-state index contributed by atoms with van der Waals surface area (Å²) in [7, 11) is 4.11. The molecule has 1 amide bonds. The number of phenolic OH excluding ortho intramolecular Hbond substituents is 1. The minimum atomic E-state index is -0.523. The molecule has 4 heterocycles. The van der Waals surface area contributed by atoms with E-state index < -0.39 is 5.60 Å². The van der Waals surface area contributed by atoms with Gasteiger partial charge >= 0.3 is 12.1 Å². The fourth-order valence-electron chi connectivity index (χ4n) is 6.69. The molecular weight excluding hydrogens is 544 g/mol. The normalized spacial score (nSPS) is 20.1. The molecule has 0 spiro atoms. The molecule has 3 aliphatic heterocycles. The Kier molecular flexibility index (Phi) is 7.98. The highest BCUT2D eigenvalue weighted by molar-refractivity contribution is 5.95. The second-order valence-electron chi connectivity index (χ2n) is 13.3. The van der Waals surface area contributed by atoms with Gasteiger partial charge in [0, 0.05) is 48.9 Å². The standard InChI is InChI=1S/C33H44N6O4/c1-33(2,3)43-32(41)39-23-11-12-24(39)20-38(19-23)30-27-13-15-37(29-18-25(40)17-22-9-6-7-10-26(22)29)21-28(27)34-31(35-30)42-16-8-14-36(4)5/h6-7,9-10,17-18,23-24,40H,8,11-16,19-21H2,1-5H3. The number of phenols is 1. The fraction of sp³-hybridized carbons (Fsp3) is 0.545. The maximum Gasteiger partial charge on any atom is 0.410 e. The van der Waals surface area contributed by atoms with E-state index in [-0.39, 0.29) is 23.9 Å². The van der Waals surface area contributed by atoms with Crippen LogP contribution in [0.15, 0.2) is 36.4 Å². The number of carbonyl (C=O) groups excluding carboxylic acids is 1. The van der Waals surface area contributed by atoms with Crippen molar-refractivity contribution >= 4 is 28.4 Å². The smallest absolute Gasteiger partial charge is 0.410 e. The Bertz CT molecular complexity index is 1470. The first-order valence-corrected chi connectivity index (χ1v) is 15.5. The number of carbonyl (C=O) groups is 1. The van der Waals surface area contributed by atoms with Crippen molar-refractivity contribution in [1.29, 1.82) is 0 Å². The molecule has 43 heavy (non-hydrogen) atoms. The molecule has 2 unspecified atom stereocenters. The molecule has 230 valence electrons. The lowest BCUT2D eigenvalue weighted by Crippen LogP contribution is -2.57. The van der Waals surface area contributed by atoms with Crippen LogP contribution in [-0.4, -0.2) is 95.5 Å². The molecule has 2 atom stereocenters. The highest BCUT2D eigenvalue weighted by Crippen LogP contribution is 2.39. The van der Waals surface area contributed by atoms with E-state index in [2.05, 4.69) is 34.9 Å². The van der Waals surface area contributed by atoms with Gasteiger partial charge in [0.1, 0.15) is 17.2 Å². The van der Waals surface area contributed by atoms with E-state index in [1.165, 1.54) is 0 Å². The van der Waals surface area contributed by atoms with Crippen molar-refractivity contribution in [3.05, 3.63) is 47.7 Å². The minimum absolute atomic E-state index is 0.0856. The summed E-state index contributed by atoms with van der Waals surface area (Å²) in [4.78, 5) is 31.8. The average Bonchev–Trinajstić information content (AvgIpc) is 3.22. The van der Waals surface area contributed by atoms with Gasteiger partial charge in [0.25, 0.3) is 0 Å². The summed E-state index contributed by atoms with van der Waals surface area (Å²) in [6.45, 7) is 10.0. The van der Waals surface area contributed by atoms with Gasteiger partial charge in [0.2, 0.25) is 0 Å². The number of rotatable bonds is 7. The molecule has 2 bridgehead atoms. The third-order valence-corrected chi connectivity index (χ3v) is 8.56. The van der Waals surface area contributed by atoms with E-state index in [1.807, 2.05) is 56.0 Å². The number of hydrogen-bond acceptors (Lipinski definition) is 9. The number of aromatic hydroxyl groups is 1. The second kappa shape index (κ2) is 11.7. The monoisotopic (exact) mass is 588 g/mol. The Morgan fingerprint density at radius 3 is 2.53 bits per heavy atom. The molecule has 2 aromatic carbocycles. The molecule has 6 rings (SSSR count). The molecule has 3 aromatic rings. The Morgan fingerprint density at radius 2 is 1.81 bits per heavy atom. The lowest BCUT2D eigenvalue weighted by atomic mass is 10.0. The Morgan fingerprint density at radius 1 is 1.07 bits per heavy atom. The first-order chi connectivity index (χ1) is 20.6. The zero-order valence-corrected chi connectivity index (χ0v) is 26.0. The summed E-state index contributed by atoms with van der Waals surface area (Å²) in [5.41, 5.74) is 2.57. The third-order valence-electron chi connectivity index (χ3n) is 8.56. The average molecular weight is 589 g/mol. The third kappa shape index (κ3) is 6.30. The predicted octanol–water partition coefficient (Wildman–Crippen LogP) is 4.82. The van der Waals surface area contributed by atoms with Gasteiger partial charge in [-0.25, -0.2) is 4.79 Å². The maximum absolute atomic E-state index is 13.1. The highest BCUT2D eigenvalue weighted by Gasteiger charge is 2.45. The largest absolute Gasteiger partial charge is 0.508 e. The van der Waals surface area contributed by atoms with Crippen molar-refractivity contribution in [2.24, 2.45) is 0 Å². The number of piperazine rings is 1. The van der Waals surface area contributed by atoms with Crippen molar-refractivity contribution < 1.29 is 19.4 Å². The summed E-state index contributed by atoms with van der Waals surface area (Å²) < 4.78 is 11.9. The van der Waals surface area contributed by atoms with Crippen molar-refractivity contribution in [2.45, 2.75) is 70.7 Å². The molecule has 10 heteroatoms. The van der Waals surface area contributed by atoms with Gasteiger partial charge in [-0.1, -0.05) is 24.3 Å². The van der Waals surface area contributed by atoms with E-state index in [4.69, 9.17) is 19.4 Å². The van der Waals surface area contributed by atoms with Gasteiger partial charge in [0.15, 0.2) is 0 Å². The number of ether oxygens (including phenoxy) is 2. The Hall–Kier alpha value is -3.79. The van der Waals surface area contributed by atoms with Gasteiger partial charge < -0.3 is 29.3 Å². The van der Waals surface area contributed by atoms with E-state index in [0.29, 0.717) is 32.3 Å². The van der Waals surface area contributed by atoms with Gasteiger partial charge in [-0.3, -0.25) is 4.90 Å². The number of hydrogen-bond donors (Lipinski definition) is 1. The second-order valence-corrected chi connectivity index (χ2v) is 13.3. The molecule has 2 saturated heterocycles. The number of anilines is 2. The zero-order valence-electron chi connectivity index (χ0n) is 26.0. The molecule has 0 radical (unpaired) electrons. The van der Waals surface area contributed by atoms with Crippen molar-refractivity contribution in [3.63, 3.8) is 0 Å². The molecule has 2 fully saturated rings. The number of benzene rings is 2. The summed E-state index contributed by atoms with van der Waals surface area (Å²) in [6, 6.07) is 12.4. The van der Waals surface area contributed by atoms with Crippen molar-refractivity contribution in [1.82, 2.24) is 19.8 Å². The van der Waals surface area contributed by atoms with Crippen LogP contribution in [0.2, 0.25) is 0 Å². The first-order valence-electron chi connectivity index (χ1n) is 15.5. The van der Waals surface area contributed by atoms with E-state index in [1.54, 1.807) is 0 Å². The Labute approximate surface area is 254 Å². The summed E-state index contributed by atoms with van der Waals surface area (Å²) in [6.07, 6.45) is 3.35. The van der Waals surface area contributed by atoms with Gasteiger partial charge in [-0.15, -0.1) is 0 Å². The Balaban J connectivity index is 1.29. The molecular formula is C33H44N6O4. The zero-order chi connectivity index (χ0) is 30.3. The SMILES string of the molecule is CN(C)CCCOc1nc2c(c(N3CC4CCC(C3)N4C(=O)OC(C)(C)C)n1)CCN(c1cc(O)cc3ccccc13)C2. The van der Waals surface area contributed by atoms with Gasteiger partial charge in [-0.2, -0.15) is 9.97 Å². The lowest BCUT2D eigenvalue weighted by Gasteiger charge is -2.43. The molecule has 10 nitrogen and oxygen atoms in total. The van der Waals surface area contributed by atoms with Crippen LogP contribution in [0.1, 0.15) is 51.3 Å². The molecule has 1 aromatic heterocycles. The summed E-state index contributed by atoms with van der Waals surface area (Å²) in [5.74, 6) is 1.18. The van der Waals surface area contributed by atoms with Crippen molar-refractivity contribution in [2.75, 3.05) is 56.7 Å². The number of aromatic nitrogens is 2. The minimum Gasteiger partial charge on any atom is -0.508 e. The van der Waals surface area contributed by atoms with Crippen LogP contribution < -0.4 is 14.5 Å². The van der Waals surface area contributed by atoms with Crippen LogP contribution in [0.25, 0.3) is 10.8 Å². The quantitative estimate of drug-likeness (QED) is 0.390. The van der Waals surface area contributed by atoms with E-state index in [9.17, 15) is 9.90 Å². The molecule has 0 saturated carbocycles. The van der Waals surface area contributed by atoms with Crippen molar-refractivity contribution in [3.8, 4) is 11.8 Å². The summed E-state index contributed by atoms with van der Waals surface area (Å²) >= 11 is 0. The molecule has 1 N–H and O–H groups in total. The van der Waals surface area contributed by atoms with Crippen LogP contribution in [0.3, 0.4) is 0 Å². The topological polar surface area (TPSA) is 94.5 Å². The summed E-state index contributed by atoms with van der Waals surface area (Å²) in [5, 5.41) is 12.6. The van der Waals surface area contributed by atoms with Gasteiger partial charge in [-0.05, 0) is 72.0 Å². The number of fused-ring (bicyclic) bond motifs is 4. The molecule has 3 aliphatic rings. The molecule has 0 aliphatic carbocycles. The maximum atomic E-state index is 13.1. The fourth-order valence-corrected chi connectivity index (χ4v) is 6.69. The van der Waals surface area contributed by atoms with Crippen LogP contribution in [-0.2, 0) is 17.7 Å². The van der Waals surface area contributed by atoms with E-state index in [0.717, 1.165) is 72.3 Å². The number of amides is 1. The van der Waals surface area contributed by atoms with E-state index >= 15 is 0 Å². The van der Waals surface area contributed by atoms with Gasteiger partial charge in [0.05, 0.1) is 30.9 Å². The van der Waals surface area contributed by atoms with Crippen LogP contribution in [0, 0.1) is 0 Å². The highest BCUT2D eigenvalue weighted by atomic mass is 16.6. The van der Waals surface area contributed by atoms with Crippen LogP contribution in [0.5, 0.6) is 11.8 Å².